The molecular formula is C24H24N2O3. The van der Waals surface area contributed by atoms with Crippen molar-refractivity contribution in [3.63, 3.8) is 0 Å². The van der Waals surface area contributed by atoms with Crippen LogP contribution in [0.15, 0.2) is 48.5 Å². The lowest BCUT2D eigenvalue weighted by atomic mass is 10.0. The van der Waals surface area contributed by atoms with Gasteiger partial charge >= 0.3 is 0 Å². The van der Waals surface area contributed by atoms with Gasteiger partial charge in [-0.2, -0.15) is 0 Å². The molecule has 1 saturated carbocycles. The molecule has 1 amide bonds. The van der Waals surface area contributed by atoms with Crippen LogP contribution in [-0.2, 0) is 6.54 Å². The maximum atomic E-state index is 13.5. The van der Waals surface area contributed by atoms with Crippen molar-refractivity contribution in [2.24, 2.45) is 0 Å². The normalized spacial score (nSPS) is 15.3. The van der Waals surface area contributed by atoms with E-state index in [1.807, 2.05) is 60.4 Å². The standard InChI is InChI=1S/C24H24N2O3/c1-2-26(15-16-7-10-22-23(13-16)29-12-11-28-22)24(27)19-14-21(17-8-9-17)25-20-6-4-3-5-18(19)20/h3-7,10,13-14,17H,2,8-9,11-12,15H2,1H3. The van der Waals surface area contributed by atoms with Crippen LogP contribution in [0.1, 0.15) is 47.3 Å². The molecule has 0 saturated heterocycles. The summed E-state index contributed by atoms with van der Waals surface area (Å²) in [5.74, 6) is 2.06. The molecule has 29 heavy (non-hydrogen) atoms. The lowest BCUT2D eigenvalue weighted by molar-refractivity contribution is 0.0754. The SMILES string of the molecule is CCN(Cc1ccc2c(c1)OCCO2)C(=O)c1cc(C2CC2)nc2ccccc12. The van der Waals surface area contributed by atoms with Gasteiger partial charge in [-0.25, -0.2) is 0 Å². The van der Waals surface area contributed by atoms with E-state index in [-0.39, 0.29) is 5.91 Å². The minimum absolute atomic E-state index is 0.0443. The number of nitrogens with zero attached hydrogens (tertiary/aromatic N) is 2. The Morgan fingerprint density at radius 2 is 1.86 bits per heavy atom. The second-order valence-electron chi connectivity index (χ2n) is 7.68. The molecule has 0 unspecified atom stereocenters. The Balaban J connectivity index is 1.47. The maximum Gasteiger partial charge on any atom is 0.254 e. The number of pyridine rings is 1. The molecule has 1 aliphatic carbocycles. The zero-order chi connectivity index (χ0) is 19.8. The topological polar surface area (TPSA) is 51.7 Å². The lowest BCUT2D eigenvalue weighted by Gasteiger charge is -2.24. The molecule has 3 aromatic rings. The number of aromatic nitrogens is 1. The van der Waals surface area contributed by atoms with Crippen molar-refractivity contribution in [3.8, 4) is 11.5 Å². The summed E-state index contributed by atoms with van der Waals surface area (Å²) in [6.45, 7) is 4.30. The average Bonchev–Trinajstić information content (AvgIpc) is 3.61. The summed E-state index contributed by atoms with van der Waals surface area (Å²) < 4.78 is 11.3. The van der Waals surface area contributed by atoms with E-state index in [0.717, 1.165) is 52.1 Å². The van der Waals surface area contributed by atoms with Crippen LogP contribution < -0.4 is 9.47 Å². The third kappa shape index (κ3) is 3.53. The Bertz CT molecular complexity index is 1070. The van der Waals surface area contributed by atoms with Crippen LogP contribution in [0.3, 0.4) is 0 Å². The third-order valence-electron chi connectivity index (χ3n) is 5.61. The largest absolute Gasteiger partial charge is 0.486 e. The number of carbonyl (C=O) groups is 1. The molecule has 2 aliphatic rings. The summed E-state index contributed by atoms with van der Waals surface area (Å²) in [6.07, 6.45) is 2.32. The Hall–Kier alpha value is -3.08. The summed E-state index contributed by atoms with van der Waals surface area (Å²) in [7, 11) is 0. The van der Waals surface area contributed by atoms with Crippen molar-refractivity contribution in [2.45, 2.75) is 32.2 Å². The molecule has 0 bridgehead atoms. The van der Waals surface area contributed by atoms with E-state index < -0.39 is 0 Å². The van der Waals surface area contributed by atoms with Gasteiger partial charge in [-0.3, -0.25) is 9.78 Å². The van der Waals surface area contributed by atoms with Crippen molar-refractivity contribution < 1.29 is 14.3 Å². The first-order valence-corrected chi connectivity index (χ1v) is 10.3. The fourth-order valence-corrected chi connectivity index (χ4v) is 3.87. The van der Waals surface area contributed by atoms with E-state index in [4.69, 9.17) is 14.5 Å². The maximum absolute atomic E-state index is 13.5. The number of benzene rings is 2. The van der Waals surface area contributed by atoms with Gasteiger partial charge in [0.2, 0.25) is 0 Å². The molecule has 1 fully saturated rings. The molecule has 5 heteroatoms. The second kappa shape index (κ2) is 7.39. The molecule has 0 N–H and O–H groups in total. The van der Waals surface area contributed by atoms with Gasteiger partial charge in [-0.1, -0.05) is 24.3 Å². The van der Waals surface area contributed by atoms with Crippen LogP contribution in [-0.4, -0.2) is 35.5 Å². The smallest absolute Gasteiger partial charge is 0.254 e. The van der Waals surface area contributed by atoms with Gasteiger partial charge in [-0.15, -0.1) is 0 Å². The van der Waals surface area contributed by atoms with Crippen LogP contribution in [0.2, 0.25) is 0 Å². The minimum atomic E-state index is 0.0443. The molecule has 1 aromatic heterocycles. The Labute approximate surface area is 170 Å². The number of hydrogen-bond acceptors (Lipinski definition) is 4. The summed E-state index contributed by atoms with van der Waals surface area (Å²) >= 11 is 0. The Morgan fingerprint density at radius 3 is 2.66 bits per heavy atom. The number of hydrogen-bond donors (Lipinski definition) is 0. The fraction of sp³-hybridized carbons (Fsp3) is 0.333. The van der Waals surface area contributed by atoms with E-state index >= 15 is 0 Å². The first kappa shape index (κ1) is 18.0. The zero-order valence-corrected chi connectivity index (χ0v) is 16.6. The van der Waals surface area contributed by atoms with Gasteiger partial charge in [0.15, 0.2) is 11.5 Å². The van der Waals surface area contributed by atoms with Gasteiger partial charge in [0.1, 0.15) is 13.2 Å². The number of rotatable bonds is 5. The van der Waals surface area contributed by atoms with Crippen LogP contribution in [0, 0.1) is 0 Å². The summed E-state index contributed by atoms with van der Waals surface area (Å²) in [5, 5.41) is 0.919. The van der Waals surface area contributed by atoms with Crippen molar-refractivity contribution in [2.75, 3.05) is 19.8 Å². The highest BCUT2D eigenvalue weighted by Gasteiger charge is 2.28. The molecule has 2 heterocycles. The van der Waals surface area contributed by atoms with Crippen LogP contribution in [0.4, 0.5) is 0 Å². The zero-order valence-electron chi connectivity index (χ0n) is 16.6. The fourth-order valence-electron chi connectivity index (χ4n) is 3.87. The number of ether oxygens (including phenoxy) is 2. The summed E-state index contributed by atoms with van der Waals surface area (Å²) in [5.41, 5.74) is 3.72. The number of carbonyl (C=O) groups excluding carboxylic acids is 1. The molecule has 0 spiro atoms. The van der Waals surface area contributed by atoms with Gasteiger partial charge in [0.25, 0.3) is 5.91 Å². The van der Waals surface area contributed by atoms with Gasteiger partial charge < -0.3 is 14.4 Å². The monoisotopic (exact) mass is 388 g/mol. The number of amides is 1. The van der Waals surface area contributed by atoms with Gasteiger partial charge in [0.05, 0.1) is 11.1 Å². The van der Waals surface area contributed by atoms with Crippen LogP contribution in [0.5, 0.6) is 11.5 Å². The predicted octanol–water partition coefficient (Wildman–Crippen LogP) is 4.55. The van der Waals surface area contributed by atoms with E-state index in [0.29, 0.717) is 32.2 Å². The molecule has 0 atom stereocenters. The summed E-state index contributed by atoms with van der Waals surface area (Å²) in [6, 6.07) is 15.8. The highest BCUT2D eigenvalue weighted by atomic mass is 16.6. The Kier molecular flexibility index (Phi) is 4.58. The molecule has 0 radical (unpaired) electrons. The van der Waals surface area contributed by atoms with E-state index in [1.165, 1.54) is 0 Å². The van der Waals surface area contributed by atoms with Crippen molar-refractivity contribution >= 4 is 16.8 Å². The minimum Gasteiger partial charge on any atom is -0.486 e. The van der Waals surface area contributed by atoms with Gasteiger partial charge in [0, 0.05) is 30.1 Å². The van der Waals surface area contributed by atoms with E-state index in [1.54, 1.807) is 0 Å². The molecule has 1 aliphatic heterocycles. The Morgan fingerprint density at radius 1 is 1.07 bits per heavy atom. The molecule has 148 valence electrons. The van der Waals surface area contributed by atoms with E-state index in [9.17, 15) is 4.79 Å². The summed E-state index contributed by atoms with van der Waals surface area (Å²) in [4.78, 5) is 20.2. The van der Waals surface area contributed by atoms with E-state index in [2.05, 4.69) is 0 Å². The number of fused-ring (bicyclic) bond motifs is 2. The predicted molar refractivity (Wildman–Crippen MR) is 112 cm³/mol. The molecule has 5 nitrogen and oxygen atoms in total. The molecular weight excluding hydrogens is 364 g/mol. The quantitative estimate of drug-likeness (QED) is 0.644. The molecule has 5 rings (SSSR count). The van der Waals surface area contributed by atoms with Crippen LogP contribution >= 0.6 is 0 Å². The van der Waals surface area contributed by atoms with Gasteiger partial charge in [-0.05, 0) is 49.6 Å². The van der Waals surface area contributed by atoms with Crippen molar-refractivity contribution in [1.82, 2.24) is 9.88 Å². The van der Waals surface area contributed by atoms with Crippen molar-refractivity contribution in [3.05, 3.63) is 65.4 Å². The average molecular weight is 388 g/mol. The third-order valence-corrected chi connectivity index (χ3v) is 5.61. The second-order valence-corrected chi connectivity index (χ2v) is 7.68. The number of para-hydroxylation sites is 1. The lowest BCUT2D eigenvalue weighted by Crippen LogP contribution is -2.30. The van der Waals surface area contributed by atoms with Crippen LogP contribution in [0.25, 0.3) is 10.9 Å². The first-order valence-electron chi connectivity index (χ1n) is 10.3. The molecule has 2 aromatic carbocycles. The highest BCUT2D eigenvalue weighted by Crippen LogP contribution is 2.40. The highest BCUT2D eigenvalue weighted by molar-refractivity contribution is 6.06. The van der Waals surface area contributed by atoms with Crippen molar-refractivity contribution in [1.29, 1.82) is 0 Å². The first-order chi connectivity index (χ1) is 14.2.